The van der Waals surface area contributed by atoms with Gasteiger partial charge < -0.3 is 15.8 Å². The first kappa shape index (κ1) is 17.2. The highest BCUT2D eigenvalue weighted by Gasteiger charge is 2.02. The van der Waals surface area contributed by atoms with Crippen molar-refractivity contribution in [3.05, 3.63) is 53.1 Å². The van der Waals surface area contributed by atoms with Crippen LogP contribution in [0, 0.1) is 13.8 Å². The lowest BCUT2D eigenvalue weighted by Crippen LogP contribution is -2.05. The van der Waals surface area contributed by atoms with Crippen LogP contribution in [-0.4, -0.2) is 13.2 Å². The number of nitrogen functional groups attached to an aromatic ring is 1. The molecule has 0 bridgehead atoms. The van der Waals surface area contributed by atoms with Crippen LogP contribution in [0.4, 0.5) is 11.4 Å². The van der Waals surface area contributed by atoms with Crippen LogP contribution >= 0.6 is 0 Å². The van der Waals surface area contributed by atoms with Gasteiger partial charge in [0.15, 0.2) is 0 Å². The van der Waals surface area contributed by atoms with E-state index >= 15 is 0 Å². The maximum Gasteiger partial charge on any atom is 0.142 e. The Balaban J connectivity index is 1.81. The molecule has 0 atom stereocenters. The second kappa shape index (κ2) is 8.47. The lowest BCUT2D eigenvalue weighted by atomic mass is 10.1. The van der Waals surface area contributed by atoms with Crippen molar-refractivity contribution in [2.75, 3.05) is 24.2 Å². The number of hydrogen-bond donors (Lipinski definition) is 2. The fourth-order valence-corrected chi connectivity index (χ4v) is 2.62. The van der Waals surface area contributed by atoms with Crippen LogP contribution in [0.15, 0.2) is 36.4 Å². The van der Waals surface area contributed by atoms with Gasteiger partial charge in [0.2, 0.25) is 0 Å². The van der Waals surface area contributed by atoms with E-state index in [1.807, 2.05) is 12.1 Å². The molecule has 0 amide bonds. The summed E-state index contributed by atoms with van der Waals surface area (Å²) in [5, 5.41) is 3.51. The van der Waals surface area contributed by atoms with Crippen molar-refractivity contribution < 1.29 is 4.74 Å². The summed E-state index contributed by atoms with van der Waals surface area (Å²) in [6.45, 7) is 8.02. The minimum absolute atomic E-state index is 0.712. The summed E-state index contributed by atoms with van der Waals surface area (Å²) in [5.74, 6) is 0.795. The molecule has 2 aromatic rings. The Kier molecular flexibility index (Phi) is 6.33. The summed E-state index contributed by atoms with van der Waals surface area (Å²) >= 11 is 0. The van der Waals surface area contributed by atoms with Gasteiger partial charge in [0, 0.05) is 12.2 Å². The molecule has 0 aliphatic rings. The fourth-order valence-electron chi connectivity index (χ4n) is 2.62. The number of hydrogen-bond acceptors (Lipinski definition) is 3. The molecular formula is C20H28N2O. The Labute approximate surface area is 139 Å². The van der Waals surface area contributed by atoms with Crippen LogP contribution in [0.5, 0.6) is 5.75 Å². The van der Waals surface area contributed by atoms with Gasteiger partial charge in [0.05, 0.1) is 12.3 Å². The minimum atomic E-state index is 0.712. The molecule has 3 N–H and O–H groups in total. The molecule has 124 valence electrons. The van der Waals surface area contributed by atoms with Crippen molar-refractivity contribution in [3.8, 4) is 5.75 Å². The first-order valence-corrected chi connectivity index (χ1v) is 8.42. The van der Waals surface area contributed by atoms with Gasteiger partial charge in [0.1, 0.15) is 5.75 Å². The Morgan fingerprint density at radius 1 is 1.09 bits per heavy atom. The topological polar surface area (TPSA) is 47.3 Å². The van der Waals surface area contributed by atoms with E-state index < -0.39 is 0 Å². The van der Waals surface area contributed by atoms with Crippen LogP contribution in [0.1, 0.15) is 36.5 Å². The van der Waals surface area contributed by atoms with E-state index in [0.717, 1.165) is 37.2 Å². The molecule has 0 unspecified atom stereocenters. The number of anilines is 2. The third-order valence-electron chi connectivity index (χ3n) is 3.88. The van der Waals surface area contributed by atoms with Gasteiger partial charge in [-0.25, -0.2) is 0 Å². The van der Waals surface area contributed by atoms with Crippen molar-refractivity contribution >= 4 is 11.4 Å². The van der Waals surface area contributed by atoms with Gasteiger partial charge in [-0.2, -0.15) is 0 Å². The van der Waals surface area contributed by atoms with Crippen LogP contribution in [0.3, 0.4) is 0 Å². The van der Waals surface area contributed by atoms with Crippen molar-refractivity contribution in [2.45, 2.75) is 40.0 Å². The largest absolute Gasteiger partial charge is 0.491 e. The van der Waals surface area contributed by atoms with Gasteiger partial charge in [-0.3, -0.25) is 0 Å². The number of benzene rings is 2. The zero-order valence-corrected chi connectivity index (χ0v) is 14.5. The maximum absolute atomic E-state index is 6.05. The molecule has 0 saturated carbocycles. The van der Waals surface area contributed by atoms with Gasteiger partial charge in [0.25, 0.3) is 0 Å². The Morgan fingerprint density at radius 3 is 2.61 bits per heavy atom. The van der Waals surface area contributed by atoms with Crippen LogP contribution < -0.4 is 15.8 Å². The van der Waals surface area contributed by atoms with E-state index in [-0.39, 0.29) is 0 Å². The monoisotopic (exact) mass is 312 g/mol. The van der Waals surface area contributed by atoms with E-state index in [0.29, 0.717) is 6.61 Å². The number of aryl methyl sites for hydroxylation is 3. The molecule has 0 spiro atoms. The predicted molar refractivity (Wildman–Crippen MR) is 99.4 cm³/mol. The fraction of sp³-hybridized carbons (Fsp3) is 0.400. The second-order valence-corrected chi connectivity index (χ2v) is 6.07. The van der Waals surface area contributed by atoms with Crippen LogP contribution in [0.25, 0.3) is 0 Å². The summed E-state index contributed by atoms with van der Waals surface area (Å²) in [4.78, 5) is 0. The van der Waals surface area contributed by atoms with E-state index in [9.17, 15) is 0 Å². The molecule has 3 nitrogen and oxygen atoms in total. The quantitative estimate of drug-likeness (QED) is 0.548. The van der Waals surface area contributed by atoms with Crippen molar-refractivity contribution in [1.29, 1.82) is 0 Å². The van der Waals surface area contributed by atoms with Gasteiger partial charge in [-0.1, -0.05) is 30.7 Å². The molecule has 2 rings (SSSR count). The third-order valence-corrected chi connectivity index (χ3v) is 3.88. The average Bonchev–Trinajstić information content (AvgIpc) is 2.52. The molecule has 0 radical (unpaired) electrons. The lowest BCUT2D eigenvalue weighted by molar-refractivity contribution is 0.319. The summed E-state index contributed by atoms with van der Waals surface area (Å²) in [7, 11) is 0. The van der Waals surface area contributed by atoms with E-state index in [2.05, 4.69) is 50.4 Å². The second-order valence-electron chi connectivity index (χ2n) is 6.07. The van der Waals surface area contributed by atoms with Crippen LogP contribution in [0.2, 0.25) is 0 Å². The Bertz CT molecular complexity index is 638. The minimum Gasteiger partial charge on any atom is -0.491 e. The standard InChI is InChI=1S/C20H28N2O/c1-4-12-23-20-10-8-17(14-18(20)21)6-5-11-22-19-9-7-15(2)13-16(19)3/h7-10,13-14,22H,4-6,11-12,21H2,1-3H3. The Morgan fingerprint density at radius 2 is 1.91 bits per heavy atom. The molecule has 0 aliphatic heterocycles. The summed E-state index contributed by atoms with van der Waals surface area (Å²) in [6.07, 6.45) is 3.07. The summed E-state index contributed by atoms with van der Waals surface area (Å²) in [5.41, 5.74) is 11.9. The van der Waals surface area contributed by atoms with E-state index in [1.54, 1.807) is 0 Å². The van der Waals surface area contributed by atoms with Gasteiger partial charge >= 0.3 is 0 Å². The molecule has 0 aliphatic carbocycles. The van der Waals surface area contributed by atoms with Gasteiger partial charge in [-0.05, 0) is 62.4 Å². The van der Waals surface area contributed by atoms with Crippen LogP contribution in [-0.2, 0) is 6.42 Å². The highest BCUT2D eigenvalue weighted by atomic mass is 16.5. The Hall–Kier alpha value is -2.16. The summed E-state index contributed by atoms with van der Waals surface area (Å²) in [6, 6.07) is 12.6. The van der Waals surface area contributed by atoms with Crippen molar-refractivity contribution in [2.24, 2.45) is 0 Å². The van der Waals surface area contributed by atoms with E-state index in [4.69, 9.17) is 10.5 Å². The zero-order valence-electron chi connectivity index (χ0n) is 14.5. The van der Waals surface area contributed by atoms with Crippen molar-refractivity contribution in [3.63, 3.8) is 0 Å². The predicted octanol–water partition coefficient (Wildman–Crippen LogP) is 4.72. The number of nitrogens with one attached hydrogen (secondary N) is 1. The van der Waals surface area contributed by atoms with Crippen molar-refractivity contribution in [1.82, 2.24) is 0 Å². The summed E-state index contributed by atoms with van der Waals surface area (Å²) < 4.78 is 5.61. The first-order valence-electron chi connectivity index (χ1n) is 8.42. The maximum atomic E-state index is 6.05. The highest BCUT2D eigenvalue weighted by molar-refractivity contribution is 5.54. The van der Waals surface area contributed by atoms with Gasteiger partial charge in [-0.15, -0.1) is 0 Å². The zero-order chi connectivity index (χ0) is 16.7. The molecule has 0 heterocycles. The normalized spacial score (nSPS) is 10.6. The molecule has 3 heteroatoms. The molecular weight excluding hydrogens is 284 g/mol. The molecule has 0 saturated heterocycles. The molecule has 2 aromatic carbocycles. The number of rotatable bonds is 8. The first-order chi connectivity index (χ1) is 11.1. The SMILES string of the molecule is CCCOc1ccc(CCCNc2ccc(C)cc2C)cc1N. The number of nitrogens with two attached hydrogens (primary N) is 1. The van der Waals surface area contributed by atoms with E-state index in [1.165, 1.54) is 22.4 Å². The average molecular weight is 312 g/mol. The lowest BCUT2D eigenvalue weighted by Gasteiger charge is -2.11. The number of ether oxygens (including phenoxy) is 1. The smallest absolute Gasteiger partial charge is 0.142 e. The third kappa shape index (κ3) is 5.20. The molecule has 0 aromatic heterocycles. The highest BCUT2D eigenvalue weighted by Crippen LogP contribution is 2.23. The molecule has 23 heavy (non-hydrogen) atoms. The molecule has 0 fully saturated rings.